The van der Waals surface area contributed by atoms with Gasteiger partial charge in [0.1, 0.15) is 16.1 Å². The summed E-state index contributed by atoms with van der Waals surface area (Å²) in [5.74, 6) is 0.834. The van der Waals surface area contributed by atoms with Gasteiger partial charge in [-0.1, -0.05) is 17.4 Å². The minimum atomic E-state index is -0.130. The Balaban J connectivity index is 1.28. The molecular weight excluding hydrogens is 388 g/mol. The summed E-state index contributed by atoms with van der Waals surface area (Å²) in [7, 11) is 0. The molecule has 2 aliphatic rings. The van der Waals surface area contributed by atoms with Crippen LogP contribution in [-0.2, 0) is 17.6 Å². The van der Waals surface area contributed by atoms with Gasteiger partial charge in [0.05, 0.1) is 5.69 Å². The first-order valence-electron chi connectivity index (χ1n) is 9.74. The molecule has 1 aliphatic carbocycles. The number of nitrogens with one attached hydrogen (secondary N) is 1. The molecule has 1 saturated carbocycles. The number of fused-ring (bicyclic) bond motifs is 1. The fourth-order valence-electron chi connectivity index (χ4n) is 3.65. The van der Waals surface area contributed by atoms with Gasteiger partial charge < -0.3 is 10.2 Å². The zero-order chi connectivity index (χ0) is 18.9. The van der Waals surface area contributed by atoms with Gasteiger partial charge >= 0.3 is 0 Å². The molecule has 1 atom stereocenters. The van der Waals surface area contributed by atoms with Crippen molar-refractivity contribution in [3.05, 3.63) is 52.6 Å². The van der Waals surface area contributed by atoms with E-state index >= 15 is 0 Å². The van der Waals surface area contributed by atoms with Crippen LogP contribution in [0.4, 0.5) is 5.00 Å². The van der Waals surface area contributed by atoms with Gasteiger partial charge in [0, 0.05) is 48.8 Å². The summed E-state index contributed by atoms with van der Waals surface area (Å²) in [6.07, 6.45) is 5.80. The molecule has 5 rings (SSSR count). The predicted molar refractivity (Wildman–Crippen MR) is 114 cm³/mol. The van der Waals surface area contributed by atoms with Gasteiger partial charge in [0.25, 0.3) is 0 Å². The second kappa shape index (κ2) is 7.64. The molecule has 1 N–H and O–H groups in total. The number of hydrogen-bond donors (Lipinski definition) is 1. The van der Waals surface area contributed by atoms with E-state index in [1.807, 2.05) is 18.2 Å². The van der Waals surface area contributed by atoms with Crippen molar-refractivity contribution in [1.29, 1.82) is 0 Å². The maximum Gasteiger partial charge on any atom is 0.243 e. The van der Waals surface area contributed by atoms with Crippen LogP contribution in [0.25, 0.3) is 10.6 Å². The number of anilines is 1. The van der Waals surface area contributed by atoms with E-state index < -0.39 is 0 Å². The predicted octanol–water partition coefficient (Wildman–Crippen LogP) is 3.77. The van der Waals surface area contributed by atoms with Crippen LogP contribution in [0.2, 0.25) is 0 Å². The van der Waals surface area contributed by atoms with Gasteiger partial charge in [-0.3, -0.25) is 9.78 Å². The monoisotopic (exact) mass is 410 g/mol. The molecule has 28 heavy (non-hydrogen) atoms. The number of rotatable bonds is 7. The molecule has 1 fully saturated rings. The molecule has 1 aliphatic heterocycles. The van der Waals surface area contributed by atoms with Crippen molar-refractivity contribution >= 4 is 33.6 Å². The largest absolute Gasteiger partial charge is 0.354 e. The van der Waals surface area contributed by atoms with Crippen LogP contribution in [0.1, 0.15) is 24.2 Å². The Morgan fingerprint density at radius 2 is 2.21 bits per heavy atom. The van der Waals surface area contributed by atoms with Crippen molar-refractivity contribution < 1.29 is 4.79 Å². The molecule has 0 bridgehead atoms. The molecule has 3 aromatic heterocycles. The lowest BCUT2D eigenvalue weighted by molar-refractivity contribution is -0.122. The average Bonchev–Trinajstić information content (AvgIpc) is 3.09. The molecule has 144 valence electrons. The highest BCUT2D eigenvalue weighted by Gasteiger charge is 2.40. The van der Waals surface area contributed by atoms with Crippen LogP contribution in [0.15, 0.2) is 41.2 Å². The van der Waals surface area contributed by atoms with Crippen molar-refractivity contribution in [2.24, 2.45) is 5.92 Å². The van der Waals surface area contributed by atoms with Crippen molar-refractivity contribution in [2.45, 2.75) is 31.7 Å². The fraction of sp³-hybridized carbons (Fsp3) is 0.381. The van der Waals surface area contributed by atoms with Gasteiger partial charge in [-0.25, -0.2) is 4.98 Å². The first-order chi connectivity index (χ1) is 13.8. The smallest absolute Gasteiger partial charge is 0.243 e. The molecule has 0 spiro atoms. The molecule has 0 radical (unpaired) electrons. The Kier molecular flexibility index (Phi) is 4.86. The van der Waals surface area contributed by atoms with E-state index in [9.17, 15) is 4.79 Å². The number of amides is 1. The second-order valence-corrected chi connectivity index (χ2v) is 9.22. The zero-order valence-corrected chi connectivity index (χ0v) is 17.1. The molecule has 5 nitrogen and oxygen atoms in total. The molecule has 4 heterocycles. The molecule has 0 unspecified atom stereocenters. The van der Waals surface area contributed by atoms with E-state index in [1.165, 1.54) is 23.4 Å². The van der Waals surface area contributed by atoms with Crippen molar-refractivity contribution in [3.63, 3.8) is 0 Å². The first-order valence-corrected chi connectivity index (χ1v) is 11.5. The van der Waals surface area contributed by atoms with E-state index in [-0.39, 0.29) is 11.9 Å². The number of hydrogen-bond acceptors (Lipinski definition) is 6. The van der Waals surface area contributed by atoms with Crippen LogP contribution in [-0.4, -0.2) is 35.0 Å². The Hall–Kier alpha value is -2.25. The molecule has 3 aromatic rings. The standard InChI is InChI=1S/C21H22N4OS2/c26-19(23-9-6-16-3-1-2-8-22-16)18-11-17-21(25(18)12-14-4-5-14)28-20(24-17)15-7-10-27-13-15/h1-3,7-8,10,13-14,18H,4-6,9,11-12H2,(H,23,26)/t18-/m1/s1. The number of aromatic nitrogens is 2. The molecular formula is C21H22N4OS2. The number of carbonyl (C=O) groups excluding carboxylic acids is 1. The van der Waals surface area contributed by atoms with Crippen LogP contribution in [0, 0.1) is 5.92 Å². The van der Waals surface area contributed by atoms with E-state index in [0.29, 0.717) is 13.0 Å². The molecule has 1 amide bonds. The minimum Gasteiger partial charge on any atom is -0.354 e. The third-order valence-electron chi connectivity index (χ3n) is 5.33. The summed E-state index contributed by atoms with van der Waals surface area (Å²) in [6.45, 7) is 1.58. The number of thiophene rings is 1. The maximum absolute atomic E-state index is 12.9. The maximum atomic E-state index is 12.9. The average molecular weight is 411 g/mol. The van der Waals surface area contributed by atoms with Gasteiger partial charge in [-0.15, -0.1) is 0 Å². The highest BCUT2D eigenvalue weighted by Crippen LogP contribution is 2.43. The summed E-state index contributed by atoms with van der Waals surface area (Å²) < 4.78 is 0. The zero-order valence-electron chi connectivity index (χ0n) is 15.5. The number of thiazole rings is 1. The van der Waals surface area contributed by atoms with Crippen molar-refractivity contribution in [2.75, 3.05) is 18.0 Å². The summed E-state index contributed by atoms with van der Waals surface area (Å²) in [4.78, 5) is 24.4. The molecule has 0 aromatic carbocycles. The van der Waals surface area contributed by atoms with Gasteiger partial charge in [-0.2, -0.15) is 11.3 Å². The minimum absolute atomic E-state index is 0.110. The van der Waals surface area contributed by atoms with Gasteiger partial charge in [0.15, 0.2) is 0 Å². The Bertz CT molecular complexity index is 950. The lowest BCUT2D eigenvalue weighted by Crippen LogP contribution is -2.46. The second-order valence-electron chi connectivity index (χ2n) is 7.46. The van der Waals surface area contributed by atoms with Crippen LogP contribution in [0.3, 0.4) is 0 Å². The van der Waals surface area contributed by atoms with E-state index in [1.54, 1.807) is 28.9 Å². The Morgan fingerprint density at radius 3 is 2.96 bits per heavy atom. The molecule has 7 heteroatoms. The fourth-order valence-corrected chi connectivity index (χ4v) is 5.51. The number of carbonyl (C=O) groups is 1. The van der Waals surface area contributed by atoms with Crippen LogP contribution in [0.5, 0.6) is 0 Å². The van der Waals surface area contributed by atoms with E-state index in [0.717, 1.165) is 35.3 Å². The summed E-state index contributed by atoms with van der Waals surface area (Å²) in [6, 6.07) is 7.87. The van der Waals surface area contributed by atoms with Crippen molar-refractivity contribution in [1.82, 2.24) is 15.3 Å². The van der Waals surface area contributed by atoms with E-state index in [2.05, 4.69) is 32.0 Å². The lowest BCUT2D eigenvalue weighted by Gasteiger charge is -2.25. The number of pyridine rings is 1. The van der Waals surface area contributed by atoms with Crippen LogP contribution < -0.4 is 10.2 Å². The summed E-state index contributed by atoms with van der Waals surface area (Å²) >= 11 is 3.42. The highest BCUT2D eigenvalue weighted by atomic mass is 32.1. The Labute approximate surface area is 172 Å². The van der Waals surface area contributed by atoms with Crippen LogP contribution >= 0.6 is 22.7 Å². The lowest BCUT2D eigenvalue weighted by atomic mass is 10.2. The summed E-state index contributed by atoms with van der Waals surface area (Å²) in [5, 5.41) is 9.61. The van der Waals surface area contributed by atoms with Gasteiger partial charge in [0.2, 0.25) is 5.91 Å². The van der Waals surface area contributed by atoms with E-state index in [4.69, 9.17) is 4.98 Å². The molecule has 0 saturated heterocycles. The highest BCUT2D eigenvalue weighted by molar-refractivity contribution is 7.19. The third-order valence-corrected chi connectivity index (χ3v) is 7.20. The normalized spacial score (nSPS) is 18.3. The first kappa shape index (κ1) is 17.8. The Morgan fingerprint density at radius 1 is 1.29 bits per heavy atom. The third kappa shape index (κ3) is 3.69. The quantitative estimate of drug-likeness (QED) is 0.644. The SMILES string of the molecule is O=C(NCCc1ccccn1)[C@H]1Cc2nc(-c3ccsc3)sc2N1CC1CC1. The van der Waals surface area contributed by atoms with Gasteiger partial charge in [-0.05, 0) is 42.3 Å². The number of nitrogens with zero attached hydrogens (tertiary/aromatic N) is 3. The summed E-state index contributed by atoms with van der Waals surface area (Å²) in [5.41, 5.74) is 3.27. The topological polar surface area (TPSA) is 58.1 Å². The van der Waals surface area contributed by atoms with Crippen molar-refractivity contribution in [3.8, 4) is 10.6 Å².